The number of anilines is 3. The smallest absolute Gasteiger partial charge is 0.119 e. The van der Waals surface area contributed by atoms with Gasteiger partial charge in [-0.3, -0.25) is 0 Å². The van der Waals surface area contributed by atoms with Crippen molar-refractivity contribution in [3.8, 4) is 5.75 Å². The highest BCUT2D eigenvalue weighted by Gasteiger charge is 2.24. The van der Waals surface area contributed by atoms with Gasteiger partial charge in [0.05, 0.1) is 17.1 Å². The highest BCUT2D eigenvalue weighted by atomic mass is 32.2. The maximum atomic E-state index is 10.7. The Labute approximate surface area is 176 Å². The van der Waals surface area contributed by atoms with E-state index in [0.717, 1.165) is 22.8 Å². The summed E-state index contributed by atoms with van der Waals surface area (Å²) in [5.74, 6) is 0.773. The van der Waals surface area contributed by atoms with Crippen molar-refractivity contribution in [2.24, 2.45) is 0 Å². The van der Waals surface area contributed by atoms with Crippen molar-refractivity contribution < 1.29 is 9.84 Å². The lowest BCUT2D eigenvalue weighted by atomic mass is 10.1. The van der Waals surface area contributed by atoms with Gasteiger partial charge in [-0.2, -0.15) is 0 Å². The highest BCUT2D eigenvalue weighted by Crippen LogP contribution is 2.48. The Morgan fingerprint density at radius 3 is 2.45 bits per heavy atom. The third-order valence-corrected chi connectivity index (χ3v) is 6.03. The van der Waals surface area contributed by atoms with E-state index in [1.54, 1.807) is 11.8 Å². The van der Waals surface area contributed by atoms with Gasteiger partial charge in [0, 0.05) is 22.4 Å². The lowest BCUT2D eigenvalue weighted by Crippen LogP contribution is -2.40. The second-order valence-corrected chi connectivity index (χ2v) is 8.48. The number of fused-ring (bicyclic) bond motifs is 2. The number of para-hydroxylation sites is 3. The Kier molecular flexibility index (Phi) is 5.97. The topological polar surface area (TPSA) is 44.7 Å². The molecule has 0 spiro atoms. The van der Waals surface area contributed by atoms with Gasteiger partial charge < -0.3 is 20.1 Å². The second-order valence-electron chi connectivity index (χ2n) is 7.40. The fourth-order valence-corrected chi connectivity index (χ4v) is 4.47. The normalized spacial score (nSPS) is 13.2. The van der Waals surface area contributed by atoms with Gasteiger partial charge in [-0.25, -0.2) is 0 Å². The van der Waals surface area contributed by atoms with Gasteiger partial charge in [0.2, 0.25) is 0 Å². The van der Waals surface area contributed by atoms with Crippen LogP contribution in [0, 0.1) is 0 Å². The molecule has 3 aromatic rings. The standard InChI is InChI=1S/C24H26N2O2S/c1-17(2)26(15-18(27)16-28-19-9-4-3-5-10-19)21-12-8-14-23-24(21)25-20-11-6-7-13-22(20)29-23/h3-14,17-18,25,27H,15-16H2,1-2H3. The van der Waals surface area contributed by atoms with Crippen molar-refractivity contribution in [1.82, 2.24) is 0 Å². The van der Waals surface area contributed by atoms with Crippen LogP contribution in [0.5, 0.6) is 5.75 Å². The van der Waals surface area contributed by atoms with Crippen molar-refractivity contribution in [2.75, 3.05) is 23.4 Å². The molecule has 0 bridgehead atoms. The van der Waals surface area contributed by atoms with Crippen LogP contribution in [-0.4, -0.2) is 30.4 Å². The molecule has 4 nitrogen and oxygen atoms in total. The van der Waals surface area contributed by atoms with Gasteiger partial charge in [-0.15, -0.1) is 0 Å². The number of nitrogens with zero attached hydrogens (tertiary/aromatic N) is 1. The number of hydrogen-bond donors (Lipinski definition) is 2. The van der Waals surface area contributed by atoms with Crippen LogP contribution < -0.4 is 15.0 Å². The Balaban J connectivity index is 1.52. The minimum Gasteiger partial charge on any atom is -0.491 e. The van der Waals surface area contributed by atoms with Gasteiger partial charge in [0.1, 0.15) is 18.5 Å². The van der Waals surface area contributed by atoms with E-state index in [9.17, 15) is 5.11 Å². The lowest BCUT2D eigenvalue weighted by molar-refractivity contribution is 0.111. The molecule has 3 aromatic carbocycles. The molecular formula is C24H26N2O2S. The van der Waals surface area contributed by atoms with E-state index in [1.807, 2.05) is 36.4 Å². The summed E-state index contributed by atoms with van der Waals surface area (Å²) < 4.78 is 5.75. The van der Waals surface area contributed by atoms with Gasteiger partial charge in [-0.05, 0) is 50.2 Å². The highest BCUT2D eigenvalue weighted by molar-refractivity contribution is 7.99. The van der Waals surface area contributed by atoms with Crippen LogP contribution in [0.3, 0.4) is 0 Å². The summed E-state index contributed by atoms with van der Waals surface area (Å²) in [6.45, 7) is 5.05. The minimum atomic E-state index is -0.600. The first-order valence-electron chi connectivity index (χ1n) is 9.91. The average Bonchev–Trinajstić information content (AvgIpc) is 2.75. The SMILES string of the molecule is CC(C)N(CC(O)COc1ccccc1)c1cccc2c1Nc1ccccc1S2. The third kappa shape index (κ3) is 4.52. The molecule has 4 rings (SSSR count). The maximum absolute atomic E-state index is 10.7. The first kappa shape index (κ1) is 19.7. The molecule has 0 saturated heterocycles. The molecule has 1 heterocycles. The molecule has 0 aromatic heterocycles. The molecule has 2 N–H and O–H groups in total. The van der Waals surface area contributed by atoms with Crippen LogP contribution in [0.2, 0.25) is 0 Å². The van der Waals surface area contributed by atoms with Gasteiger partial charge in [0.25, 0.3) is 0 Å². The quantitative estimate of drug-likeness (QED) is 0.421. The zero-order valence-corrected chi connectivity index (χ0v) is 17.5. The van der Waals surface area contributed by atoms with Crippen LogP contribution in [0.15, 0.2) is 82.6 Å². The van der Waals surface area contributed by atoms with Crippen LogP contribution in [-0.2, 0) is 0 Å². The zero-order valence-electron chi connectivity index (χ0n) is 16.7. The monoisotopic (exact) mass is 406 g/mol. The first-order valence-corrected chi connectivity index (χ1v) is 10.7. The average molecular weight is 407 g/mol. The zero-order chi connectivity index (χ0) is 20.2. The fraction of sp³-hybridized carbons (Fsp3) is 0.250. The number of benzene rings is 3. The summed E-state index contributed by atoms with van der Waals surface area (Å²) in [6.07, 6.45) is -0.600. The summed E-state index contributed by atoms with van der Waals surface area (Å²) in [5, 5.41) is 14.3. The Morgan fingerprint density at radius 2 is 1.66 bits per heavy atom. The third-order valence-electron chi connectivity index (χ3n) is 4.90. The lowest BCUT2D eigenvalue weighted by Gasteiger charge is -2.34. The van der Waals surface area contributed by atoms with Crippen molar-refractivity contribution in [3.05, 3.63) is 72.8 Å². The van der Waals surface area contributed by atoms with E-state index in [1.165, 1.54) is 9.79 Å². The molecule has 29 heavy (non-hydrogen) atoms. The second kappa shape index (κ2) is 8.80. The molecule has 0 fully saturated rings. The van der Waals surface area contributed by atoms with Crippen LogP contribution in [0.4, 0.5) is 17.1 Å². The van der Waals surface area contributed by atoms with E-state index in [4.69, 9.17) is 4.74 Å². The minimum absolute atomic E-state index is 0.233. The number of nitrogens with one attached hydrogen (secondary N) is 1. The number of ether oxygens (including phenoxy) is 1. The number of aliphatic hydroxyl groups is 1. The molecule has 1 unspecified atom stereocenters. The molecule has 0 amide bonds. The number of aliphatic hydroxyl groups excluding tert-OH is 1. The van der Waals surface area contributed by atoms with E-state index in [0.29, 0.717) is 6.54 Å². The van der Waals surface area contributed by atoms with Crippen LogP contribution in [0.25, 0.3) is 0 Å². The molecule has 1 aliphatic heterocycles. The number of hydrogen-bond acceptors (Lipinski definition) is 5. The summed E-state index contributed by atoms with van der Waals surface area (Å²) in [4.78, 5) is 4.66. The molecule has 1 atom stereocenters. The van der Waals surface area contributed by atoms with E-state index in [-0.39, 0.29) is 12.6 Å². The first-order chi connectivity index (χ1) is 14.1. The molecular weight excluding hydrogens is 380 g/mol. The van der Waals surface area contributed by atoms with Crippen LogP contribution >= 0.6 is 11.8 Å². The van der Waals surface area contributed by atoms with Crippen molar-refractivity contribution in [2.45, 2.75) is 35.8 Å². The molecule has 150 valence electrons. The molecule has 0 aliphatic carbocycles. The Bertz CT molecular complexity index is 962. The maximum Gasteiger partial charge on any atom is 0.119 e. The molecule has 0 saturated carbocycles. The fourth-order valence-electron chi connectivity index (χ4n) is 3.46. The summed E-state index contributed by atoms with van der Waals surface area (Å²) in [5.41, 5.74) is 3.31. The van der Waals surface area contributed by atoms with E-state index >= 15 is 0 Å². The van der Waals surface area contributed by atoms with Crippen LogP contribution in [0.1, 0.15) is 13.8 Å². The van der Waals surface area contributed by atoms with Crippen molar-refractivity contribution >= 4 is 28.8 Å². The number of rotatable bonds is 7. The van der Waals surface area contributed by atoms with Gasteiger partial charge in [0.15, 0.2) is 0 Å². The predicted molar refractivity (Wildman–Crippen MR) is 121 cm³/mol. The van der Waals surface area contributed by atoms with Gasteiger partial charge in [-0.1, -0.05) is 48.2 Å². The molecule has 0 radical (unpaired) electrons. The Hall–Kier alpha value is -2.63. The summed E-state index contributed by atoms with van der Waals surface area (Å²) >= 11 is 1.78. The van der Waals surface area contributed by atoms with Crippen molar-refractivity contribution in [3.63, 3.8) is 0 Å². The van der Waals surface area contributed by atoms with E-state index < -0.39 is 6.10 Å². The molecule has 5 heteroatoms. The van der Waals surface area contributed by atoms with E-state index in [2.05, 4.69) is 60.5 Å². The summed E-state index contributed by atoms with van der Waals surface area (Å²) in [6, 6.07) is 24.5. The van der Waals surface area contributed by atoms with Gasteiger partial charge >= 0.3 is 0 Å². The summed E-state index contributed by atoms with van der Waals surface area (Å²) in [7, 11) is 0. The predicted octanol–water partition coefficient (Wildman–Crippen LogP) is 5.55. The Morgan fingerprint density at radius 1 is 0.931 bits per heavy atom. The molecule has 1 aliphatic rings. The van der Waals surface area contributed by atoms with Crippen molar-refractivity contribution in [1.29, 1.82) is 0 Å². The largest absolute Gasteiger partial charge is 0.491 e.